The van der Waals surface area contributed by atoms with Crippen molar-refractivity contribution in [2.24, 2.45) is 4.99 Å². The summed E-state index contributed by atoms with van der Waals surface area (Å²) in [4.78, 5) is 11.5. The Balaban J connectivity index is 1.57. The van der Waals surface area contributed by atoms with Crippen LogP contribution >= 0.6 is 0 Å². The lowest BCUT2D eigenvalue weighted by Gasteiger charge is -2.26. The molecule has 2 aromatic heterocycles. The van der Waals surface area contributed by atoms with Gasteiger partial charge in [0.1, 0.15) is 12.4 Å². The van der Waals surface area contributed by atoms with Gasteiger partial charge in [-0.2, -0.15) is 0 Å². The van der Waals surface area contributed by atoms with Crippen molar-refractivity contribution in [1.82, 2.24) is 20.5 Å². The number of pyridine rings is 1. The maximum Gasteiger partial charge on any atom is 0.213 e. The van der Waals surface area contributed by atoms with Crippen molar-refractivity contribution in [3.8, 4) is 5.88 Å². The number of aromatic nitrogens is 1. The van der Waals surface area contributed by atoms with Crippen LogP contribution in [-0.4, -0.2) is 62.3 Å². The van der Waals surface area contributed by atoms with E-state index >= 15 is 0 Å². The van der Waals surface area contributed by atoms with Crippen LogP contribution in [0, 0.1) is 0 Å². The summed E-state index contributed by atoms with van der Waals surface area (Å²) < 4.78 is 16.2. The highest BCUT2D eigenvalue weighted by Crippen LogP contribution is 2.24. The highest BCUT2D eigenvalue weighted by atomic mass is 16.5. The molecule has 8 nitrogen and oxygen atoms in total. The zero-order chi connectivity index (χ0) is 21.0. The fraction of sp³-hybridized carbons (Fsp3) is 0.545. The minimum absolute atomic E-state index is 0.205. The van der Waals surface area contributed by atoms with E-state index in [1.165, 1.54) is 12.8 Å². The van der Waals surface area contributed by atoms with E-state index in [2.05, 4.69) is 33.5 Å². The van der Waals surface area contributed by atoms with E-state index in [-0.39, 0.29) is 6.04 Å². The molecule has 1 saturated heterocycles. The van der Waals surface area contributed by atoms with E-state index in [0.717, 1.165) is 43.5 Å². The lowest BCUT2D eigenvalue weighted by Crippen LogP contribution is -2.42. The number of nitrogens with one attached hydrogen (secondary N) is 2. The van der Waals surface area contributed by atoms with Gasteiger partial charge < -0.3 is 24.5 Å². The zero-order valence-electron chi connectivity index (χ0n) is 18.0. The van der Waals surface area contributed by atoms with Gasteiger partial charge >= 0.3 is 0 Å². The Bertz CT molecular complexity index is 743. The SMILES string of the molecule is CCNC(=NCc1ccc(OCCOC)nc1)NCC(c1ccco1)N1CCCC1. The minimum Gasteiger partial charge on any atom is -0.475 e. The summed E-state index contributed by atoms with van der Waals surface area (Å²) in [6, 6.07) is 8.06. The monoisotopic (exact) mass is 415 g/mol. The molecule has 1 aliphatic rings. The second-order valence-corrected chi connectivity index (χ2v) is 7.20. The third kappa shape index (κ3) is 6.74. The van der Waals surface area contributed by atoms with Crippen molar-refractivity contribution < 1.29 is 13.9 Å². The number of hydrogen-bond acceptors (Lipinski definition) is 6. The van der Waals surface area contributed by atoms with Crippen molar-refractivity contribution in [3.05, 3.63) is 48.0 Å². The van der Waals surface area contributed by atoms with E-state index < -0.39 is 0 Å². The molecule has 0 radical (unpaired) electrons. The van der Waals surface area contributed by atoms with Crippen LogP contribution in [0.1, 0.15) is 37.1 Å². The molecule has 0 spiro atoms. The molecule has 1 unspecified atom stereocenters. The number of methoxy groups -OCH3 is 1. The molecule has 30 heavy (non-hydrogen) atoms. The Hall–Kier alpha value is -2.58. The normalized spacial score (nSPS) is 15.9. The molecule has 0 aromatic carbocycles. The first kappa shape index (κ1) is 22.1. The Morgan fingerprint density at radius 2 is 2.10 bits per heavy atom. The lowest BCUT2D eigenvalue weighted by atomic mass is 10.2. The number of aliphatic imine (C=N–C) groups is 1. The molecule has 3 heterocycles. The molecular formula is C22H33N5O3. The standard InChI is InChI=1S/C22H33N5O3/c1-3-23-22(25-16-18-8-9-21(24-15-18)30-14-13-28-2)26-17-19(20-7-6-12-29-20)27-10-4-5-11-27/h6-9,12,15,19H,3-5,10-11,13-14,16-17H2,1-2H3,(H2,23,25,26). The van der Waals surface area contributed by atoms with E-state index in [4.69, 9.17) is 18.9 Å². The molecule has 0 saturated carbocycles. The third-order valence-electron chi connectivity index (χ3n) is 5.01. The molecule has 0 amide bonds. The molecule has 1 atom stereocenters. The lowest BCUT2D eigenvalue weighted by molar-refractivity contribution is 0.143. The molecule has 3 rings (SSSR count). The van der Waals surface area contributed by atoms with E-state index in [0.29, 0.717) is 25.6 Å². The van der Waals surface area contributed by atoms with Gasteiger partial charge in [-0.1, -0.05) is 6.07 Å². The highest BCUT2D eigenvalue weighted by molar-refractivity contribution is 5.79. The molecule has 164 valence electrons. The summed E-state index contributed by atoms with van der Waals surface area (Å²) in [5, 5.41) is 6.80. The van der Waals surface area contributed by atoms with Gasteiger partial charge in [-0.3, -0.25) is 4.90 Å². The second kappa shape index (κ2) is 12.2. The minimum atomic E-state index is 0.205. The summed E-state index contributed by atoms with van der Waals surface area (Å²) in [5.74, 6) is 2.37. The maximum atomic E-state index is 5.71. The molecule has 0 aliphatic carbocycles. The fourth-order valence-corrected chi connectivity index (χ4v) is 3.47. The number of guanidine groups is 1. The van der Waals surface area contributed by atoms with Crippen molar-refractivity contribution in [3.63, 3.8) is 0 Å². The molecule has 8 heteroatoms. The first-order chi connectivity index (χ1) is 14.8. The van der Waals surface area contributed by atoms with Gasteiger partial charge in [0, 0.05) is 32.5 Å². The molecule has 1 fully saturated rings. The number of likely N-dealkylation sites (tertiary alicyclic amines) is 1. The molecule has 1 aliphatic heterocycles. The van der Waals surface area contributed by atoms with E-state index in [9.17, 15) is 0 Å². The molecule has 2 aromatic rings. The number of rotatable bonds is 11. The maximum absolute atomic E-state index is 5.71. The summed E-state index contributed by atoms with van der Waals surface area (Å²) in [5.41, 5.74) is 1.02. The van der Waals surface area contributed by atoms with Crippen LogP contribution in [0.2, 0.25) is 0 Å². The predicted octanol–water partition coefficient (Wildman–Crippen LogP) is 2.59. The summed E-state index contributed by atoms with van der Waals surface area (Å²) in [6.07, 6.45) is 6.02. The molecule has 2 N–H and O–H groups in total. The topological polar surface area (TPSA) is 84.2 Å². The zero-order valence-corrected chi connectivity index (χ0v) is 18.0. The molecule has 0 bridgehead atoms. The van der Waals surface area contributed by atoms with Gasteiger partial charge in [-0.15, -0.1) is 0 Å². The summed E-state index contributed by atoms with van der Waals surface area (Å²) in [7, 11) is 1.65. The van der Waals surface area contributed by atoms with E-state index in [1.807, 2.05) is 18.2 Å². The van der Waals surface area contributed by atoms with Crippen LogP contribution in [0.25, 0.3) is 0 Å². The van der Waals surface area contributed by atoms with Crippen molar-refractivity contribution in [2.45, 2.75) is 32.4 Å². The van der Waals surface area contributed by atoms with Gasteiger partial charge in [-0.25, -0.2) is 9.98 Å². The van der Waals surface area contributed by atoms with Crippen molar-refractivity contribution in [1.29, 1.82) is 0 Å². The number of furan rings is 1. The van der Waals surface area contributed by atoms with E-state index in [1.54, 1.807) is 19.6 Å². The fourth-order valence-electron chi connectivity index (χ4n) is 3.47. The van der Waals surface area contributed by atoms with Gasteiger partial charge in [0.15, 0.2) is 5.96 Å². The summed E-state index contributed by atoms with van der Waals surface area (Å²) >= 11 is 0. The van der Waals surface area contributed by atoms with Gasteiger partial charge in [0.05, 0.1) is 25.5 Å². The second-order valence-electron chi connectivity index (χ2n) is 7.20. The Labute approximate surface area is 178 Å². The number of hydrogen-bond donors (Lipinski definition) is 2. The van der Waals surface area contributed by atoms with Gasteiger partial charge in [-0.05, 0) is 50.6 Å². The highest BCUT2D eigenvalue weighted by Gasteiger charge is 2.25. The van der Waals surface area contributed by atoms with Crippen LogP contribution < -0.4 is 15.4 Å². The quantitative estimate of drug-likeness (QED) is 0.331. The van der Waals surface area contributed by atoms with Crippen LogP contribution in [0.4, 0.5) is 0 Å². The first-order valence-electron chi connectivity index (χ1n) is 10.7. The van der Waals surface area contributed by atoms with Gasteiger partial charge in [0.25, 0.3) is 0 Å². The average Bonchev–Trinajstić information content (AvgIpc) is 3.48. The third-order valence-corrected chi connectivity index (χ3v) is 5.01. The van der Waals surface area contributed by atoms with Crippen molar-refractivity contribution in [2.75, 3.05) is 46.5 Å². The molecular weight excluding hydrogens is 382 g/mol. The first-order valence-corrected chi connectivity index (χ1v) is 10.7. The van der Waals surface area contributed by atoms with Gasteiger partial charge in [0.2, 0.25) is 5.88 Å². The predicted molar refractivity (Wildman–Crippen MR) is 117 cm³/mol. The smallest absolute Gasteiger partial charge is 0.213 e. The summed E-state index contributed by atoms with van der Waals surface area (Å²) in [6.45, 7) is 7.38. The Morgan fingerprint density at radius 3 is 2.77 bits per heavy atom. The number of ether oxygens (including phenoxy) is 2. The Morgan fingerprint density at radius 1 is 1.23 bits per heavy atom. The van der Waals surface area contributed by atoms with Crippen LogP contribution in [0.3, 0.4) is 0 Å². The van der Waals surface area contributed by atoms with Crippen LogP contribution in [0.5, 0.6) is 5.88 Å². The Kier molecular flexibility index (Phi) is 8.99. The van der Waals surface area contributed by atoms with Crippen LogP contribution in [0.15, 0.2) is 46.1 Å². The van der Waals surface area contributed by atoms with Crippen molar-refractivity contribution >= 4 is 5.96 Å². The average molecular weight is 416 g/mol. The number of nitrogens with zero attached hydrogens (tertiary/aromatic N) is 3. The largest absolute Gasteiger partial charge is 0.475 e. The van der Waals surface area contributed by atoms with Crippen LogP contribution in [-0.2, 0) is 11.3 Å².